The Bertz CT molecular complexity index is 1000. The molecule has 2 heterocycles. The summed E-state index contributed by atoms with van der Waals surface area (Å²) in [6.45, 7) is 9.84. The van der Waals surface area contributed by atoms with Gasteiger partial charge in [0.05, 0.1) is 35.1 Å². The molecular formula is C20H25ClFN5O. The second-order valence-corrected chi connectivity index (χ2v) is 7.92. The third-order valence-corrected chi connectivity index (χ3v) is 5.05. The van der Waals surface area contributed by atoms with Gasteiger partial charge >= 0.3 is 0 Å². The molecule has 0 fully saturated rings. The van der Waals surface area contributed by atoms with Gasteiger partial charge in [-0.2, -0.15) is 0 Å². The lowest BCUT2D eigenvalue weighted by Gasteiger charge is -2.20. The van der Waals surface area contributed by atoms with Gasteiger partial charge in [-0.3, -0.25) is 0 Å². The number of rotatable bonds is 6. The van der Waals surface area contributed by atoms with Crippen molar-refractivity contribution < 1.29 is 9.50 Å². The van der Waals surface area contributed by atoms with E-state index in [4.69, 9.17) is 11.6 Å². The van der Waals surface area contributed by atoms with Crippen molar-refractivity contribution in [3.05, 3.63) is 35.0 Å². The summed E-state index contributed by atoms with van der Waals surface area (Å²) in [5, 5.41) is 13.0. The van der Waals surface area contributed by atoms with E-state index in [0.717, 1.165) is 5.82 Å². The minimum atomic E-state index is -0.422. The maximum Gasteiger partial charge on any atom is 0.223 e. The molecular weight excluding hydrogens is 381 g/mol. The van der Waals surface area contributed by atoms with Crippen molar-refractivity contribution in [1.29, 1.82) is 0 Å². The second kappa shape index (κ2) is 8.01. The molecule has 6 nitrogen and oxygen atoms in total. The number of nitrogens with one attached hydrogen (secondary N) is 1. The van der Waals surface area contributed by atoms with E-state index < -0.39 is 5.82 Å². The largest absolute Gasteiger partial charge is 0.394 e. The number of fused-ring (bicyclic) bond motifs is 1. The third-order valence-electron chi connectivity index (χ3n) is 4.77. The molecule has 0 aliphatic carbocycles. The Balaban J connectivity index is 2.11. The SMILES string of the molecule is Cc1nc2c(F)cc(-c3nc(N[C@@H](CO)C(C)C)ncc3Cl)cc2n1C(C)C. The normalized spacial score (nSPS) is 12.9. The van der Waals surface area contributed by atoms with Crippen molar-refractivity contribution in [1.82, 2.24) is 19.5 Å². The molecule has 0 aliphatic rings. The highest BCUT2D eigenvalue weighted by atomic mass is 35.5. The molecule has 1 aromatic carbocycles. The summed E-state index contributed by atoms with van der Waals surface area (Å²) in [6.07, 6.45) is 1.48. The maximum atomic E-state index is 14.8. The average molecular weight is 406 g/mol. The smallest absolute Gasteiger partial charge is 0.223 e. The molecule has 3 aromatic rings. The molecule has 0 unspecified atom stereocenters. The van der Waals surface area contributed by atoms with Crippen molar-refractivity contribution in [2.24, 2.45) is 5.92 Å². The van der Waals surface area contributed by atoms with Crippen molar-refractivity contribution in [2.45, 2.75) is 46.7 Å². The number of halogens is 2. The Morgan fingerprint density at radius 3 is 2.54 bits per heavy atom. The zero-order valence-corrected chi connectivity index (χ0v) is 17.4. The summed E-state index contributed by atoms with van der Waals surface area (Å²) < 4.78 is 16.8. The van der Waals surface area contributed by atoms with Gasteiger partial charge in [-0.15, -0.1) is 0 Å². The summed E-state index contributed by atoms with van der Waals surface area (Å²) in [4.78, 5) is 13.0. The lowest BCUT2D eigenvalue weighted by Crippen LogP contribution is -2.30. The quantitative estimate of drug-likeness (QED) is 0.626. The van der Waals surface area contributed by atoms with Crippen molar-refractivity contribution in [3.8, 4) is 11.3 Å². The summed E-state index contributed by atoms with van der Waals surface area (Å²) in [6, 6.07) is 3.18. The highest BCUT2D eigenvalue weighted by Gasteiger charge is 2.19. The van der Waals surface area contributed by atoms with Gasteiger partial charge in [-0.05, 0) is 38.8 Å². The Hall–Kier alpha value is -2.25. The van der Waals surface area contributed by atoms with Crippen LogP contribution < -0.4 is 5.32 Å². The molecule has 150 valence electrons. The minimum Gasteiger partial charge on any atom is -0.394 e. The first-order valence-electron chi connectivity index (χ1n) is 9.31. The van der Waals surface area contributed by atoms with E-state index in [1.807, 2.05) is 45.3 Å². The van der Waals surface area contributed by atoms with Gasteiger partial charge in [0.15, 0.2) is 5.82 Å². The van der Waals surface area contributed by atoms with E-state index in [0.29, 0.717) is 33.3 Å². The maximum absolute atomic E-state index is 14.8. The van der Waals surface area contributed by atoms with Gasteiger partial charge in [0.25, 0.3) is 0 Å². The average Bonchev–Trinajstić information content (AvgIpc) is 2.97. The highest BCUT2D eigenvalue weighted by Crippen LogP contribution is 2.32. The van der Waals surface area contributed by atoms with Gasteiger partial charge in [-0.1, -0.05) is 25.4 Å². The number of aromatic nitrogens is 4. The molecule has 0 spiro atoms. The summed E-state index contributed by atoms with van der Waals surface area (Å²) in [5.41, 5.74) is 2.00. The first kappa shape index (κ1) is 20.5. The molecule has 3 rings (SSSR count). The van der Waals surface area contributed by atoms with Crippen LogP contribution in [0.2, 0.25) is 5.02 Å². The zero-order valence-electron chi connectivity index (χ0n) is 16.7. The van der Waals surface area contributed by atoms with Crippen LogP contribution in [0.5, 0.6) is 0 Å². The van der Waals surface area contributed by atoms with Crippen LogP contribution in [0, 0.1) is 18.7 Å². The molecule has 1 atom stereocenters. The molecule has 0 amide bonds. The molecule has 2 N–H and O–H groups in total. The van der Waals surface area contributed by atoms with E-state index in [1.165, 1.54) is 12.3 Å². The lowest BCUT2D eigenvalue weighted by molar-refractivity contribution is 0.248. The van der Waals surface area contributed by atoms with Crippen LogP contribution in [0.25, 0.3) is 22.3 Å². The van der Waals surface area contributed by atoms with Gasteiger partial charge in [0.2, 0.25) is 5.95 Å². The first-order valence-corrected chi connectivity index (χ1v) is 9.69. The number of aliphatic hydroxyl groups is 1. The van der Waals surface area contributed by atoms with E-state index in [1.54, 1.807) is 0 Å². The van der Waals surface area contributed by atoms with E-state index >= 15 is 0 Å². The van der Waals surface area contributed by atoms with Crippen molar-refractivity contribution >= 4 is 28.6 Å². The minimum absolute atomic E-state index is 0.0492. The number of benzene rings is 1. The predicted octanol–water partition coefficient (Wildman–Crippen LogP) is 4.60. The molecule has 28 heavy (non-hydrogen) atoms. The molecule has 2 aromatic heterocycles. The number of aliphatic hydroxyl groups excluding tert-OH is 1. The van der Waals surface area contributed by atoms with Crippen LogP contribution in [0.1, 0.15) is 39.6 Å². The summed E-state index contributed by atoms with van der Waals surface area (Å²) in [5.74, 6) is 0.848. The van der Waals surface area contributed by atoms with Gasteiger partial charge < -0.3 is 15.0 Å². The number of nitrogens with zero attached hydrogens (tertiary/aromatic N) is 4. The topological polar surface area (TPSA) is 75.9 Å². The monoisotopic (exact) mass is 405 g/mol. The van der Waals surface area contributed by atoms with Crippen LogP contribution in [-0.2, 0) is 0 Å². The second-order valence-electron chi connectivity index (χ2n) is 7.52. The summed E-state index contributed by atoms with van der Waals surface area (Å²) in [7, 11) is 0. The number of anilines is 1. The summed E-state index contributed by atoms with van der Waals surface area (Å²) >= 11 is 6.33. The Labute approximate surface area is 168 Å². The first-order chi connectivity index (χ1) is 13.2. The molecule has 8 heteroatoms. The van der Waals surface area contributed by atoms with E-state index in [-0.39, 0.29) is 24.6 Å². The number of imidazole rings is 1. The van der Waals surface area contributed by atoms with Gasteiger partial charge in [0, 0.05) is 11.6 Å². The fourth-order valence-corrected chi connectivity index (χ4v) is 3.49. The Morgan fingerprint density at radius 1 is 1.21 bits per heavy atom. The van der Waals surface area contributed by atoms with Crippen molar-refractivity contribution in [2.75, 3.05) is 11.9 Å². The molecule has 0 saturated heterocycles. The van der Waals surface area contributed by atoms with E-state index in [9.17, 15) is 9.50 Å². The zero-order chi connectivity index (χ0) is 20.6. The molecule has 0 saturated carbocycles. The number of aryl methyl sites for hydroxylation is 1. The standard InChI is InChI=1S/C20H25ClFN5O/c1-10(2)16(9-28)25-20-23-8-14(21)18(26-20)13-6-15(22)19-17(7-13)27(11(3)4)12(5)24-19/h6-8,10-11,16,28H,9H2,1-5H3,(H,23,25,26)/t16-/m0/s1. The molecule has 0 aliphatic heterocycles. The third kappa shape index (κ3) is 3.82. The highest BCUT2D eigenvalue weighted by molar-refractivity contribution is 6.33. The van der Waals surface area contributed by atoms with E-state index in [2.05, 4.69) is 20.3 Å². The predicted molar refractivity (Wildman–Crippen MR) is 110 cm³/mol. The molecule has 0 bridgehead atoms. The fourth-order valence-electron chi connectivity index (χ4n) is 3.29. The lowest BCUT2D eigenvalue weighted by atomic mass is 10.1. The Morgan fingerprint density at radius 2 is 1.93 bits per heavy atom. The van der Waals surface area contributed by atoms with Crippen LogP contribution in [0.4, 0.5) is 10.3 Å². The van der Waals surface area contributed by atoms with Crippen LogP contribution >= 0.6 is 11.6 Å². The van der Waals surface area contributed by atoms with Gasteiger partial charge in [-0.25, -0.2) is 19.3 Å². The van der Waals surface area contributed by atoms with Crippen molar-refractivity contribution in [3.63, 3.8) is 0 Å². The number of hydrogen-bond acceptors (Lipinski definition) is 5. The van der Waals surface area contributed by atoms with Gasteiger partial charge in [0.1, 0.15) is 11.3 Å². The van der Waals surface area contributed by atoms with Crippen LogP contribution in [0.15, 0.2) is 18.3 Å². The van der Waals surface area contributed by atoms with Crippen LogP contribution in [0.3, 0.4) is 0 Å². The number of hydrogen-bond donors (Lipinski definition) is 2. The Kier molecular flexibility index (Phi) is 5.86. The fraction of sp³-hybridized carbons (Fsp3) is 0.450. The van der Waals surface area contributed by atoms with Crippen LogP contribution in [-0.4, -0.2) is 37.3 Å². The molecule has 0 radical (unpaired) electrons.